The SMILES string of the molecule is CCc1nn(-c2ccc(C(F)(F)F)cc2)cc1C(C)CCSc1ccc(CC(=O)O)c(C)c1. The van der Waals surface area contributed by atoms with E-state index in [1.807, 2.05) is 38.2 Å². The lowest BCUT2D eigenvalue weighted by Gasteiger charge is -2.12. The van der Waals surface area contributed by atoms with E-state index in [2.05, 4.69) is 12.0 Å². The van der Waals surface area contributed by atoms with Crippen molar-refractivity contribution in [3.63, 3.8) is 0 Å². The number of thioether (sulfide) groups is 1. The first kappa shape index (κ1) is 24.9. The topological polar surface area (TPSA) is 55.1 Å². The predicted molar refractivity (Wildman–Crippen MR) is 124 cm³/mol. The molecule has 0 saturated carbocycles. The number of carboxylic acid groups (broad SMARTS) is 1. The summed E-state index contributed by atoms with van der Waals surface area (Å²) in [5, 5.41) is 13.6. The number of hydrogen-bond donors (Lipinski definition) is 1. The van der Waals surface area contributed by atoms with E-state index in [1.54, 1.807) is 16.4 Å². The number of halogens is 3. The van der Waals surface area contributed by atoms with Crippen molar-refractivity contribution in [1.82, 2.24) is 9.78 Å². The molecule has 0 aliphatic rings. The highest BCUT2D eigenvalue weighted by atomic mass is 32.2. The van der Waals surface area contributed by atoms with E-state index < -0.39 is 17.7 Å². The molecule has 3 rings (SSSR count). The maximum atomic E-state index is 12.8. The molecule has 176 valence electrons. The summed E-state index contributed by atoms with van der Waals surface area (Å²) in [6.45, 7) is 6.08. The number of carbonyl (C=O) groups is 1. The third-order valence-corrected chi connectivity index (χ3v) is 6.65. The molecule has 1 atom stereocenters. The summed E-state index contributed by atoms with van der Waals surface area (Å²) in [4.78, 5) is 12.0. The average molecular weight is 477 g/mol. The molecule has 4 nitrogen and oxygen atoms in total. The zero-order valence-corrected chi connectivity index (χ0v) is 19.6. The van der Waals surface area contributed by atoms with Crippen LogP contribution in [-0.2, 0) is 23.8 Å². The number of aliphatic carboxylic acids is 1. The van der Waals surface area contributed by atoms with Gasteiger partial charge in [-0.1, -0.05) is 19.9 Å². The highest BCUT2D eigenvalue weighted by Gasteiger charge is 2.30. The zero-order chi connectivity index (χ0) is 24.2. The first-order valence-corrected chi connectivity index (χ1v) is 11.8. The number of hydrogen-bond acceptors (Lipinski definition) is 3. The Morgan fingerprint density at radius 2 is 1.88 bits per heavy atom. The average Bonchev–Trinajstić information content (AvgIpc) is 3.19. The Balaban J connectivity index is 1.65. The fourth-order valence-corrected chi connectivity index (χ4v) is 4.80. The third kappa shape index (κ3) is 6.41. The number of aryl methyl sites for hydroxylation is 2. The van der Waals surface area contributed by atoms with Crippen molar-refractivity contribution in [1.29, 1.82) is 0 Å². The van der Waals surface area contributed by atoms with E-state index in [0.29, 0.717) is 5.69 Å². The number of alkyl halides is 3. The van der Waals surface area contributed by atoms with Crippen LogP contribution in [0.25, 0.3) is 5.69 Å². The van der Waals surface area contributed by atoms with E-state index in [-0.39, 0.29) is 12.3 Å². The Morgan fingerprint density at radius 1 is 1.18 bits per heavy atom. The highest BCUT2D eigenvalue weighted by Crippen LogP contribution is 2.31. The summed E-state index contributed by atoms with van der Waals surface area (Å²) in [5.74, 6) is 0.284. The molecule has 0 bridgehead atoms. The molecular weight excluding hydrogens is 449 g/mol. The van der Waals surface area contributed by atoms with Gasteiger partial charge >= 0.3 is 12.1 Å². The molecule has 0 aliphatic heterocycles. The molecule has 0 radical (unpaired) electrons. The number of benzene rings is 2. The maximum absolute atomic E-state index is 12.8. The van der Waals surface area contributed by atoms with Crippen LogP contribution in [0, 0.1) is 6.92 Å². The highest BCUT2D eigenvalue weighted by molar-refractivity contribution is 7.99. The first-order valence-electron chi connectivity index (χ1n) is 10.8. The van der Waals surface area contributed by atoms with Crippen molar-refractivity contribution in [2.24, 2.45) is 0 Å². The molecule has 2 aromatic carbocycles. The van der Waals surface area contributed by atoms with Gasteiger partial charge in [-0.05, 0) is 84.5 Å². The zero-order valence-electron chi connectivity index (χ0n) is 18.8. The van der Waals surface area contributed by atoms with Crippen molar-refractivity contribution >= 4 is 17.7 Å². The molecule has 1 unspecified atom stereocenters. The van der Waals surface area contributed by atoms with Gasteiger partial charge in [0.15, 0.2) is 0 Å². The molecule has 0 saturated heterocycles. The van der Waals surface area contributed by atoms with Crippen molar-refractivity contribution in [3.8, 4) is 5.69 Å². The minimum absolute atomic E-state index is 0.0243. The van der Waals surface area contributed by atoms with Gasteiger partial charge < -0.3 is 5.11 Å². The number of aromatic nitrogens is 2. The normalized spacial score (nSPS) is 12.7. The monoisotopic (exact) mass is 476 g/mol. The van der Waals surface area contributed by atoms with Crippen LogP contribution in [0.15, 0.2) is 53.6 Å². The largest absolute Gasteiger partial charge is 0.481 e. The van der Waals surface area contributed by atoms with Crippen LogP contribution in [-0.4, -0.2) is 26.6 Å². The molecule has 0 spiro atoms. The van der Waals surface area contributed by atoms with Gasteiger partial charge in [-0.25, -0.2) is 4.68 Å². The van der Waals surface area contributed by atoms with Crippen LogP contribution in [0.3, 0.4) is 0 Å². The van der Waals surface area contributed by atoms with Crippen LogP contribution in [0.1, 0.15) is 54.1 Å². The van der Waals surface area contributed by atoms with E-state index >= 15 is 0 Å². The second-order valence-electron chi connectivity index (χ2n) is 8.07. The molecule has 8 heteroatoms. The van der Waals surface area contributed by atoms with E-state index in [0.717, 1.165) is 58.0 Å². The molecule has 1 heterocycles. The number of nitrogens with zero attached hydrogens (tertiary/aromatic N) is 2. The Labute approximate surface area is 195 Å². The van der Waals surface area contributed by atoms with Gasteiger partial charge in [-0.3, -0.25) is 4.79 Å². The van der Waals surface area contributed by atoms with Crippen LogP contribution in [0.4, 0.5) is 13.2 Å². The molecule has 0 amide bonds. The lowest BCUT2D eigenvalue weighted by molar-refractivity contribution is -0.138. The Bertz CT molecular complexity index is 1110. The maximum Gasteiger partial charge on any atom is 0.416 e. The van der Waals surface area contributed by atoms with Crippen LogP contribution in [0.5, 0.6) is 0 Å². The first-order chi connectivity index (χ1) is 15.6. The molecular formula is C25H27F3N2O2S. The molecule has 1 aromatic heterocycles. The molecule has 33 heavy (non-hydrogen) atoms. The second kappa shape index (κ2) is 10.5. The van der Waals surface area contributed by atoms with E-state index in [1.165, 1.54) is 12.1 Å². The van der Waals surface area contributed by atoms with Crippen LogP contribution in [0.2, 0.25) is 0 Å². The van der Waals surface area contributed by atoms with Crippen LogP contribution >= 0.6 is 11.8 Å². The quantitative estimate of drug-likeness (QED) is 0.350. The van der Waals surface area contributed by atoms with Gasteiger partial charge in [-0.2, -0.15) is 18.3 Å². The fraction of sp³-hybridized carbons (Fsp3) is 0.360. The summed E-state index contributed by atoms with van der Waals surface area (Å²) in [6, 6.07) is 10.9. The summed E-state index contributed by atoms with van der Waals surface area (Å²) >= 11 is 1.72. The molecule has 0 aliphatic carbocycles. The minimum Gasteiger partial charge on any atom is -0.481 e. The minimum atomic E-state index is -4.36. The molecule has 3 aromatic rings. The lowest BCUT2D eigenvalue weighted by Crippen LogP contribution is -2.05. The number of carboxylic acids is 1. The summed E-state index contributed by atoms with van der Waals surface area (Å²) in [5.41, 5.74) is 3.77. The molecule has 0 fully saturated rings. The molecule has 1 N–H and O–H groups in total. The predicted octanol–water partition coefficient (Wildman–Crippen LogP) is 6.67. The van der Waals surface area contributed by atoms with Gasteiger partial charge in [-0.15, -0.1) is 11.8 Å². The summed E-state index contributed by atoms with van der Waals surface area (Å²) in [6.07, 6.45) is -0.765. The van der Waals surface area contributed by atoms with Gasteiger partial charge in [0.2, 0.25) is 0 Å². The van der Waals surface area contributed by atoms with Gasteiger partial charge in [0.1, 0.15) is 0 Å². The summed E-state index contributed by atoms with van der Waals surface area (Å²) in [7, 11) is 0. The van der Waals surface area contributed by atoms with Crippen molar-refractivity contribution < 1.29 is 23.1 Å². The van der Waals surface area contributed by atoms with Crippen molar-refractivity contribution in [2.45, 2.75) is 57.0 Å². The lowest BCUT2D eigenvalue weighted by atomic mass is 9.98. The van der Waals surface area contributed by atoms with Crippen LogP contribution < -0.4 is 0 Å². The second-order valence-corrected chi connectivity index (χ2v) is 9.24. The third-order valence-electron chi connectivity index (χ3n) is 5.62. The Kier molecular flexibility index (Phi) is 7.89. The fourth-order valence-electron chi connectivity index (χ4n) is 3.67. The van der Waals surface area contributed by atoms with Gasteiger partial charge in [0.25, 0.3) is 0 Å². The van der Waals surface area contributed by atoms with Crippen molar-refractivity contribution in [3.05, 3.63) is 76.6 Å². The Morgan fingerprint density at radius 3 is 2.45 bits per heavy atom. The smallest absolute Gasteiger partial charge is 0.416 e. The van der Waals surface area contributed by atoms with E-state index in [9.17, 15) is 18.0 Å². The standard InChI is InChI=1S/C25H27F3N2O2S/c1-4-23-22(15-30(29-23)20-8-6-19(7-9-20)25(26,27)28)16(2)11-12-33-21-10-5-18(14-24(31)32)17(3)13-21/h5-10,13,15-16H,4,11-12,14H2,1-3H3,(H,31,32). The van der Waals surface area contributed by atoms with E-state index in [4.69, 9.17) is 5.11 Å². The van der Waals surface area contributed by atoms with Gasteiger partial charge in [0.05, 0.1) is 23.4 Å². The summed E-state index contributed by atoms with van der Waals surface area (Å²) < 4.78 is 40.2. The van der Waals surface area contributed by atoms with Gasteiger partial charge in [0, 0.05) is 11.1 Å². The Hall–Kier alpha value is -2.74. The number of rotatable bonds is 9. The van der Waals surface area contributed by atoms with Crippen molar-refractivity contribution in [2.75, 3.05) is 5.75 Å².